The summed E-state index contributed by atoms with van der Waals surface area (Å²) in [5.74, 6) is -0.232. The molecule has 0 unspecified atom stereocenters. The summed E-state index contributed by atoms with van der Waals surface area (Å²) in [7, 11) is 0. The number of carbonyl (C=O) groups excluding carboxylic acids is 2. The minimum Gasteiger partial charge on any atom is -0.492 e. The van der Waals surface area contributed by atoms with Crippen LogP contribution in [0.4, 0.5) is 4.39 Å². The van der Waals surface area contributed by atoms with E-state index in [2.05, 4.69) is 5.32 Å². The molecule has 0 saturated carbocycles. The van der Waals surface area contributed by atoms with E-state index in [1.165, 1.54) is 12.1 Å². The van der Waals surface area contributed by atoms with Gasteiger partial charge in [0.1, 0.15) is 11.6 Å². The van der Waals surface area contributed by atoms with Gasteiger partial charge in [-0.2, -0.15) is 0 Å². The van der Waals surface area contributed by atoms with Crippen LogP contribution in [0.15, 0.2) is 48.5 Å². The van der Waals surface area contributed by atoms with Gasteiger partial charge in [-0.15, -0.1) is 0 Å². The van der Waals surface area contributed by atoms with Crippen molar-refractivity contribution in [3.63, 3.8) is 0 Å². The van der Waals surface area contributed by atoms with Gasteiger partial charge in [0.2, 0.25) is 5.91 Å². The number of amides is 2. The second-order valence-electron chi connectivity index (χ2n) is 7.00. The van der Waals surface area contributed by atoms with Crippen molar-refractivity contribution in [1.29, 1.82) is 0 Å². The van der Waals surface area contributed by atoms with Crippen LogP contribution in [0.2, 0.25) is 5.02 Å². The monoisotopic (exact) mass is 418 g/mol. The first-order valence-corrected chi connectivity index (χ1v) is 10.1. The highest BCUT2D eigenvalue weighted by molar-refractivity contribution is 6.32. The van der Waals surface area contributed by atoms with E-state index >= 15 is 0 Å². The topological polar surface area (TPSA) is 58.6 Å². The first-order chi connectivity index (χ1) is 14.0. The first kappa shape index (κ1) is 21.1. The molecule has 0 bridgehead atoms. The molecule has 5 nitrogen and oxygen atoms in total. The number of ether oxygens (including phenoxy) is 1. The molecule has 1 heterocycles. The van der Waals surface area contributed by atoms with Gasteiger partial charge in [-0.1, -0.05) is 35.9 Å². The van der Waals surface area contributed by atoms with E-state index < -0.39 is 5.82 Å². The number of piperidine rings is 1. The summed E-state index contributed by atoms with van der Waals surface area (Å²) in [5, 5.41) is 3.56. The van der Waals surface area contributed by atoms with E-state index in [1.807, 2.05) is 12.1 Å². The number of carbonyl (C=O) groups is 2. The molecule has 0 aliphatic carbocycles. The lowest BCUT2D eigenvalue weighted by Gasteiger charge is -2.32. The largest absolute Gasteiger partial charge is 0.492 e. The van der Waals surface area contributed by atoms with Gasteiger partial charge < -0.3 is 15.0 Å². The van der Waals surface area contributed by atoms with Gasteiger partial charge in [0.15, 0.2) is 0 Å². The standard InChI is InChI=1S/C22H24ClFN2O3/c23-18-7-2-4-9-20(18)29-15-5-10-21(27)25-16-11-13-26(14-12-16)22(28)17-6-1-3-8-19(17)24/h1-4,6-9,16H,5,10-15H2,(H,25,27). The maximum atomic E-state index is 13.8. The summed E-state index contributed by atoms with van der Waals surface area (Å²) in [6.07, 6.45) is 2.25. The SMILES string of the molecule is O=C(CCCOc1ccccc1Cl)NC1CCN(C(=O)c2ccccc2F)CC1. The van der Waals surface area contributed by atoms with Crippen LogP contribution in [0.25, 0.3) is 0 Å². The molecule has 2 aromatic carbocycles. The third-order valence-electron chi connectivity index (χ3n) is 4.89. The quantitative estimate of drug-likeness (QED) is 0.690. The molecule has 0 aromatic heterocycles. The lowest BCUT2D eigenvalue weighted by atomic mass is 10.0. The Balaban J connectivity index is 1.36. The highest BCUT2D eigenvalue weighted by atomic mass is 35.5. The third kappa shape index (κ3) is 5.94. The summed E-state index contributed by atoms with van der Waals surface area (Å²) < 4.78 is 19.4. The molecule has 0 spiro atoms. The Kier molecular flexibility index (Phi) is 7.47. The Bertz CT molecular complexity index is 853. The number of benzene rings is 2. The first-order valence-electron chi connectivity index (χ1n) is 9.75. The molecule has 2 amide bonds. The van der Waals surface area contributed by atoms with E-state index in [0.717, 1.165) is 0 Å². The summed E-state index contributed by atoms with van der Waals surface area (Å²) in [6, 6.07) is 13.2. The predicted octanol–water partition coefficient (Wildman–Crippen LogP) is 4.06. The lowest BCUT2D eigenvalue weighted by molar-refractivity contribution is -0.122. The zero-order chi connectivity index (χ0) is 20.6. The molecule has 1 aliphatic rings. The molecular formula is C22H24ClFN2O3. The highest BCUT2D eigenvalue weighted by Gasteiger charge is 2.25. The average Bonchev–Trinajstić information content (AvgIpc) is 2.73. The van der Waals surface area contributed by atoms with E-state index in [4.69, 9.17) is 16.3 Å². The zero-order valence-electron chi connectivity index (χ0n) is 16.1. The van der Waals surface area contributed by atoms with Crippen molar-refractivity contribution in [2.45, 2.75) is 31.7 Å². The molecule has 1 aliphatic heterocycles. The molecule has 0 radical (unpaired) electrons. The molecule has 1 N–H and O–H groups in total. The van der Waals surface area contributed by atoms with Crippen LogP contribution in [0.5, 0.6) is 5.75 Å². The fourth-order valence-electron chi connectivity index (χ4n) is 3.31. The van der Waals surface area contributed by atoms with Crippen molar-refractivity contribution in [2.24, 2.45) is 0 Å². The van der Waals surface area contributed by atoms with Gasteiger partial charge in [-0.3, -0.25) is 9.59 Å². The number of rotatable bonds is 7. The molecule has 7 heteroatoms. The average molecular weight is 419 g/mol. The van der Waals surface area contributed by atoms with Crippen molar-refractivity contribution in [1.82, 2.24) is 10.2 Å². The molecule has 154 valence electrons. The van der Waals surface area contributed by atoms with Gasteiger partial charge in [0.25, 0.3) is 5.91 Å². The Hall–Kier alpha value is -2.60. The van der Waals surface area contributed by atoms with E-state index in [0.29, 0.717) is 56.2 Å². The molecular weight excluding hydrogens is 395 g/mol. The van der Waals surface area contributed by atoms with E-state index in [1.54, 1.807) is 29.2 Å². The summed E-state index contributed by atoms with van der Waals surface area (Å²) in [4.78, 5) is 26.2. The van der Waals surface area contributed by atoms with Crippen LogP contribution < -0.4 is 10.1 Å². The maximum absolute atomic E-state index is 13.8. The number of nitrogens with zero attached hydrogens (tertiary/aromatic N) is 1. The molecule has 2 aromatic rings. The van der Waals surface area contributed by atoms with Crippen LogP contribution in [0.3, 0.4) is 0 Å². The van der Waals surface area contributed by atoms with Crippen molar-refractivity contribution in [3.8, 4) is 5.75 Å². The molecule has 3 rings (SSSR count). The Labute approximate surface area is 174 Å². The highest BCUT2D eigenvalue weighted by Crippen LogP contribution is 2.23. The second-order valence-corrected chi connectivity index (χ2v) is 7.40. The molecule has 1 fully saturated rings. The molecule has 1 saturated heterocycles. The van der Waals surface area contributed by atoms with Gasteiger partial charge in [0.05, 0.1) is 17.2 Å². The van der Waals surface area contributed by atoms with Crippen LogP contribution in [-0.2, 0) is 4.79 Å². The number of halogens is 2. The number of nitrogens with one attached hydrogen (secondary N) is 1. The van der Waals surface area contributed by atoms with Crippen molar-refractivity contribution < 1.29 is 18.7 Å². The Morgan fingerprint density at radius 1 is 1.10 bits per heavy atom. The van der Waals surface area contributed by atoms with Crippen LogP contribution in [-0.4, -0.2) is 42.5 Å². The van der Waals surface area contributed by atoms with Crippen LogP contribution in [0, 0.1) is 5.82 Å². The number of para-hydroxylation sites is 1. The number of hydrogen-bond acceptors (Lipinski definition) is 3. The second kappa shape index (κ2) is 10.3. The summed E-state index contributed by atoms with van der Waals surface area (Å²) >= 11 is 6.02. The molecule has 29 heavy (non-hydrogen) atoms. The Morgan fingerprint density at radius 2 is 1.79 bits per heavy atom. The molecule has 0 atom stereocenters. The van der Waals surface area contributed by atoms with Crippen molar-refractivity contribution >= 4 is 23.4 Å². The Morgan fingerprint density at radius 3 is 2.52 bits per heavy atom. The van der Waals surface area contributed by atoms with Crippen LogP contribution >= 0.6 is 11.6 Å². The van der Waals surface area contributed by atoms with Gasteiger partial charge in [-0.25, -0.2) is 4.39 Å². The summed E-state index contributed by atoms with van der Waals surface area (Å²) in [5.41, 5.74) is 0.0912. The fourth-order valence-corrected chi connectivity index (χ4v) is 3.50. The smallest absolute Gasteiger partial charge is 0.256 e. The lowest BCUT2D eigenvalue weighted by Crippen LogP contribution is -2.46. The fraction of sp³-hybridized carbons (Fsp3) is 0.364. The van der Waals surface area contributed by atoms with E-state index in [9.17, 15) is 14.0 Å². The van der Waals surface area contributed by atoms with Crippen molar-refractivity contribution in [2.75, 3.05) is 19.7 Å². The van der Waals surface area contributed by atoms with Gasteiger partial charge in [-0.05, 0) is 43.5 Å². The van der Waals surface area contributed by atoms with E-state index in [-0.39, 0.29) is 23.4 Å². The van der Waals surface area contributed by atoms with Gasteiger partial charge >= 0.3 is 0 Å². The normalized spacial score (nSPS) is 14.5. The third-order valence-corrected chi connectivity index (χ3v) is 5.21. The number of hydrogen-bond donors (Lipinski definition) is 1. The number of likely N-dealkylation sites (tertiary alicyclic amines) is 1. The van der Waals surface area contributed by atoms with Crippen LogP contribution in [0.1, 0.15) is 36.0 Å². The predicted molar refractivity (Wildman–Crippen MR) is 110 cm³/mol. The van der Waals surface area contributed by atoms with Crippen molar-refractivity contribution in [3.05, 3.63) is 64.9 Å². The minimum absolute atomic E-state index is 0.0247. The zero-order valence-corrected chi connectivity index (χ0v) is 16.8. The summed E-state index contributed by atoms with van der Waals surface area (Å²) in [6.45, 7) is 1.40. The maximum Gasteiger partial charge on any atom is 0.256 e. The van der Waals surface area contributed by atoms with Gasteiger partial charge in [0, 0.05) is 25.6 Å². The minimum atomic E-state index is -0.507.